The summed E-state index contributed by atoms with van der Waals surface area (Å²) in [7, 11) is 0. The molecule has 1 heteroatoms. The van der Waals surface area contributed by atoms with E-state index in [2.05, 4.69) is 19.9 Å². The number of hydrogen-bond donors (Lipinski definition) is 0. The van der Waals surface area contributed by atoms with E-state index in [-0.39, 0.29) is 0 Å². The van der Waals surface area contributed by atoms with Gasteiger partial charge in [-0.2, -0.15) is 5.26 Å². The van der Waals surface area contributed by atoms with Gasteiger partial charge in [0.15, 0.2) is 0 Å². The lowest BCUT2D eigenvalue weighted by Gasteiger charge is -2.36. The van der Waals surface area contributed by atoms with Crippen LogP contribution in [-0.2, 0) is 0 Å². The Kier molecular flexibility index (Phi) is 7.77. The zero-order valence-electron chi connectivity index (χ0n) is 15.0. The van der Waals surface area contributed by atoms with E-state index in [0.29, 0.717) is 5.92 Å². The maximum absolute atomic E-state index is 8.44. The van der Waals surface area contributed by atoms with Crippen molar-refractivity contribution in [2.45, 2.75) is 97.3 Å². The maximum atomic E-state index is 8.44. The molecular formula is C21H37N. The van der Waals surface area contributed by atoms with Crippen LogP contribution in [0.5, 0.6) is 0 Å². The predicted octanol–water partition coefficient (Wildman–Crippen LogP) is 6.73. The molecule has 22 heavy (non-hydrogen) atoms. The van der Waals surface area contributed by atoms with Crippen molar-refractivity contribution in [1.29, 1.82) is 5.26 Å². The quantitative estimate of drug-likeness (QED) is 0.527. The highest BCUT2D eigenvalue weighted by Gasteiger charge is 2.28. The lowest BCUT2D eigenvalue weighted by molar-refractivity contribution is 0.155. The molecule has 0 aliphatic heterocycles. The molecule has 3 rings (SSSR count). The summed E-state index contributed by atoms with van der Waals surface area (Å²) in [5.41, 5.74) is 0. The van der Waals surface area contributed by atoms with Gasteiger partial charge in [0, 0.05) is 5.92 Å². The summed E-state index contributed by atoms with van der Waals surface area (Å²) in [5, 5.41) is 8.44. The van der Waals surface area contributed by atoms with E-state index in [0.717, 1.165) is 36.5 Å². The zero-order chi connectivity index (χ0) is 15.8. The first kappa shape index (κ1) is 17.8. The van der Waals surface area contributed by atoms with E-state index in [9.17, 15) is 0 Å². The summed E-state index contributed by atoms with van der Waals surface area (Å²) in [6, 6.07) is 2.30. The topological polar surface area (TPSA) is 23.8 Å². The van der Waals surface area contributed by atoms with Crippen molar-refractivity contribution in [1.82, 2.24) is 0 Å². The average Bonchev–Trinajstić information content (AvgIpc) is 2.58. The second kappa shape index (κ2) is 9.59. The minimum absolute atomic E-state index is 0.392. The number of hydrogen-bond acceptors (Lipinski definition) is 1. The Morgan fingerprint density at radius 1 is 0.591 bits per heavy atom. The van der Waals surface area contributed by atoms with E-state index in [1.807, 2.05) is 0 Å². The SMILES string of the molecule is CC1CCC(C2CCC(C)CC2)CC1.N#CC1CCCCC1. The minimum Gasteiger partial charge on any atom is -0.198 e. The van der Waals surface area contributed by atoms with Crippen molar-refractivity contribution in [2.75, 3.05) is 0 Å². The van der Waals surface area contributed by atoms with Crippen LogP contribution in [0.1, 0.15) is 97.3 Å². The number of rotatable bonds is 1. The van der Waals surface area contributed by atoms with Crippen LogP contribution >= 0.6 is 0 Å². The Bertz CT molecular complexity index is 300. The molecule has 0 amide bonds. The second-order valence-electron chi connectivity index (χ2n) is 8.50. The Morgan fingerprint density at radius 2 is 1.00 bits per heavy atom. The molecule has 0 N–H and O–H groups in total. The molecular weight excluding hydrogens is 266 g/mol. The van der Waals surface area contributed by atoms with Crippen LogP contribution < -0.4 is 0 Å². The molecule has 0 radical (unpaired) electrons. The predicted molar refractivity (Wildman–Crippen MR) is 94.4 cm³/mol. The van der Waals surface area contributed by atoms with Crippen LogP contribution in [0.15, 0.2) is 0 Å². The summed E-state index contributed by atoms with van der Waals surface area (Å²) < 4.78 is 0. The minimum atomic E-state index is 0.392. The normalized spacial score (nSPS) is 36.8. The molecule has 0 atom stereocenters. The molecule has 0 unspecified atom stereocenters. The fourth-order valence-electron chi connectivity index (χ4n) is 4.75. The third-order valence-corrected chi connectivity index (χ3v) is 6.58. The molecule has 3 fully saturated rings. The van der Waals surface area contributed by atoms with Gasteiger partial charge >= 0.3 is 0 Å². The largest absolute Gasteiger partial charge is 0.198 e. The van der Waals surface area contributed by atoms with E-state index in [1.165, 1.54) is 44.9 Å². The molecule has 3 saturated carbocycles. The summed E-state index contributed by atoms with van der Waals surface area (Å²) in [6.07, 6.45) is 18.4. The van der Waals surface area contributed by atoms with Crippen molar-refractivity contribution in [3.8, 4) is 6.07 Å². The zero-order valence-corrected chi connectivity index (χ0v) is 15.0. The van der Waals surface area contributed by atoms with Gasteiger partial charge in [0.25, 0.3) is 0 Å². The maximum Gasteiger partial charge on any atom is 0.0655 e. The van der Waals surface area contributed by atoms with E-state index < -0.39 is 0 Å². The first-order valence-electron chi connectivity index (χ1n) is 10.1. The molecule has 126 valence electrons. The Morgan fingerprint density at radius 3 is 1.32 bits per heavy atom. The summed E-state index contributed by atoms with van der Waals surface area (Å²) in [5.74, 6) is 4.66. The molecule has 3 aliphatic rings. The van der Waals surface area contributed by atoms with Crippen LogP contribution in [0.25, 0.3) is 0 Å². The van der Waals surface area contributed by atoms with Crippen molar-refractivity contribution < 1.29 is 0 Å². The summed E-state index contributed by atoms with van der Waals surface area (Å²) >= 11 is 0. The smallest absolute Gasteiger partial charge is 0.0655 e. The first-order valence-corrected chi connectivity index (χ1v) is 10.1. The van der Waals surface area contributed by atoms with Crippen LogP contribution in [0.4, 0.5) is 0 Å². The second-order valence-corrected chi connectivity index (χ2v) is 8.50. The molecule has 0 bridgehead atoms. The standard InChI is InChI=1S/C14H26.C7H11N/c1-11-3-7-13(8-4-11)14-9-5-12(2)6-10-14;8-6-7-4-2-1-3-5-7/h11-14H,3-10H2,1-2H3;7H,1-5H2. The molecule has 0 heterocycles. The first-order chi connectivity index (χ1) is 10.7. The Hall–Kier alpha value is -0.510. The Balaban J connectivity index is 0.000000188. The molecule has 0 saturated heterocycles. The van der Waals surface area contributed by atoms with Gasteiger partial charge in [0.1, 0.15) is 0 Å². The van der Waals surface area contributed by atoms with Gasteiger partial charge in [-0.15, -0.1) is 0 Å². The fraction of sp³-hybridized carbons (Fsp3) is 0.952. The van der Waals surface area contributed by atoms with E-state index in [4.69, 9.17) is 5.26 Å². The third kappa shape index (κ3) is 5.94. The highest BCUT2D eigenvalue weighted by Crippen LogP contribution is 2.40. The number of nitrogens with zero attached hydrogens (tertiary/aromatic N) is 1. The van der Waals surface area contributed by atoms with Crippen molar-refractivity contribution >= 4 is 0 Å². The molecule has 0 aromatic heterocycles. The van der Waals surface area contributed by atoms with E-state index in [1.54, 1.807) is 25.7 Å². The van der Waals surface area contributed by atoms with Crippen molar-refractivity contribution in [3.63, 3.8) is 0 Å². The fourth-order valence-corrected chi connectivity index (χ4v) is 4.75. The molecule has 1 nitrogen and oxygen atoms in total. The molecule has 3 aliphatic carbocycles. The van der Waals surface area contributed by atoms with Crippen LogP contribution in [-0.4, -0.2) is 0 Å². The van der Waals surface area contributed by atoms with Gasteiger partial charge in [0.05, 0.1) is 6.07 Å². The molecule has 0 aromatic rings. The van der Waals surface area contributed by atoms with E-state index >= 15 is 0 Å². The van der Waals surface area contributed by atoms with Crippen molar-refractivity contribution in [3.05, 3.63) is 0 Å². The Labute approximate surface area is 138 Å². The van der Waals surface area contributed by atoms with Crippen LogP contribution in [0.2, 0.25) is 0 Å². The average molecular weight is 304 g/mol. The van der Waals surface area contributed by atoms with Gasteiger partial charge < -0.3 is 0 Å². The lowest BCUT2D eigenvalue weighted by atomic mass is 9.70. The lowest BCUT2D eigenvalue weighted by Crippen LogP contribution is -2.24. The van der Waals surface area contributed by atoms with Gasteiger partial charge in [-0.1, -0.05) is 58.8 Å². The molecule has 0 spiro atoms. The highest BCUT2D eigenvalue weighted by molar-refractivity contribution is 4.84. The highest BCUT2D eigenvalue weighted by atomic mass is 14.3. The van der Waals surface area contributed by atoms with Gasteiger partial charge in [0.2, 0.25) is 0 Å². The summed E-state index contributed by atoms with van der Waals surface area (Å²) in [6.45, 7) is 4.86. The van der Waals surface area contributed by atoms with Gasteiger partial charge in [-0.3, -0.25) is 0 Å². The van der Waals surface area contributed by atoms with Gasteiger partial charge in [-0.05, 0) is 62.2 Å². The van der Waals surface area contributed by atoms with Crippen LogP contribution in [0, 0.1) is 40.9 Å². The van der Waals surface area contributed by atoms with Crippen LogP contribution in [0.3, 0.4) is 0 Å². The number of nitriles is 1. The van der Waals surface area contributed by atoms with Crippen molar-refractivity contribution in [2.24, 2.45) is 29.6 Å². The summed E-state index contributed by atoms with van der Waals surface area (Å²) in [4.78, 5) is 0. The van der Waals surface area contributed by atoms with Gasteiger partial charge in [-0.25, -0.2) is 0 Å². The molecule has 0 aromatic carbocycles. The third-order valence-electron chi connectivity index (χ3n) is 6.58. The monoisotopic (exact) mass is 303 g/mol.